The van der Waals surface area contributed by atoms with E-state index < -0.39 is 66.6 Å². The van der Waals surface area contributed by atoms with E-state index >= 15 is 0 Å². The fraction of sp³-hybridized carbons (Fsp3) is 0.308. The van der Waals surface area contributed by atoms with Crippen LogP contribution in [0.5, 0.6) is 17.2 Å². The van der Waals surface area contributed by atoms with Crippen molar-refractivity contribution in [3.63, 3.8) is 0 Å². The highest BCUT2D eigenvalue weighted by molar-refractivity contribution is 5.42. The molecule has 0 amide bonds. The highest BCUT2D eigenvalue weighted by atomic mass is 19.4. The molecule has 0 fully saturated rings. The van der Waals surface area contributed by atoms with Crippen LogP contribution >= 0.6 is 0 Å². The minimum atomic E-state index is -5.90. The van der Waals surface area contributed by atoms with Crippen molar-refractivity contribution in [3.05, 3.63) is 89.5 Å². The maximum atomic E-state index is 13.8. The molecular weight excluding hydrogens is 602 g/mol. The summed E-state index contributed by atoms with van der Waals surface area (Å²) in [5.41, 5.74) is -1.51. The highest BCUT2D eigenvalue weighted by Crippen LogP contribution is 2.45. The molecule has 0 aliphatic rings. The molecule has 0 aliphatic heterocycles. The Morgan fingerprint density at radius 2 is 1.19 bits per heavy atom. The van der Waals surface area contributed by atoms with Crippen molar-refractivity contribution in [1.82, 2.24) is 5.32 Å². The number of rotatable bonds is 11. The first-order valence-corrected chi connectivity index (χ1v) is 11.6. The van der Waals surface area contributed by atoms with Crippen LogP contribution in [-0.4, -0.2) is 42.6 Å². The topological polar surface area (TPSA) is 50.7 Å². The second-order valence-corrected chi connectivity index (χ2v) is 8.71. The molecule has 3 aromatic carbocycles. The maximum absolute atomic E-state index is 13.8. The van der Waals surface area contributed by atoms with Gasteiger partial charge in [0, 0.05) is 12.1 Å². The van der Waals surface area contributed by atoms with Crippen LogP contribution in [-0.2, 0) is 5.92 Å². The van der Waals surface area contributed by atoms with E-state index in [-0.39, 0.29) is 16.9 Å². The lowest BCUT2D eigenvalue weighted by molar-refractivity contribution is -0.289. The molecule has 0 aromatic heterocycles. The number of halogens is 12. The highest BCUT2D eigenvalue weighted by Gasteiger charge is 2.58. The summed E-state index contributed by atoms with van der Waals surface area (Å²) in [7, 11) is 0. The van der Waals surface area contributed by atoms with Crippen molar-refractivity contribution in [2.45, 2.75) is 43.0 Å². The Morgan fingerprint density at radius 1 is 0.690 bits per heavy atom. The number of alkyl halides is 12. The lowest BCUT2D eigenvalue weighted by Gasteiger charge is -2.24. The molecule has 1 unspecified atom stereocenters. The number of hydrogen-bond acceptors (Lipinski definition) is 4. The molecular formula is C26H19F12NO3. The summed E-state index contributed by atoms with van der Waals surface area (Å²) in [6, 6.07) is 10.4. The molecule has 2 atom stereocenters. The minimum absolute atomic E-state index is 0.0245. The van der Waals surface area contributed by atoms with Gasteiger partial charge in [-0.05, 0) is 47.5 Å². The third kappa shape index (κ3) is 8.00. The van der Waals surface area contributed by atoms with Crippen LogP contribution in [0.3, 0.4) is 0 Å². The van der Waals surface area contributed by atoms with Crippen molar-refractivity contribution < 1.29 is 67.3 Å². The van der Waals surface area contributed by atoms with Crippen LogP contribution < -0.4 is 14.8 Å². The van der Waals surface area contributed by atoms with E-state index in [1.165, 1.54) is 24.3 Å². The Balaban J connectivity index is 1.96. The Hall–Kier alpha value is -3.66. The molecule has 0 saturated heterocycles. The molecule has 4 nitrogen and oxygen atoms in total. The average molecular weight is 621 g/mol. The fourth-order valence-corrected chi connectivity index (χ4v) is 3.54. The SMILES string of the molecule is O[C@H](CNC(c1cccc(Oc2cccc(C(F)(F)C(F)(F)F)c2)c1)c1cccc(OC(F)(F)C(F)F)c1)C(F)(F)F. The normalized spacial score (nSPS) is 14.5. The van der Waals surface area contributed by atoms with Gasteiger partial charge in [-0.25, -0.2) is 0 Å². The fourth-order valence-electron chi connectivity index (χ4n) is 3.54. The van der Waals surface area contributed by atoms with E-state index in [1.54, 1.807) is 0 Å². The van der Waals surface area contributed by atoms with Gasteiger partial charge in [0.15, 0.2) is 6.10 Å². The smallest absolute Gasteiger partial charge is 0.457 e. The summed E-state index contributed by atoms with van der Waals surface area (Å²) in [5, 5.41) is 11.8. The molecule has 2 N–H and O–H groups in total. The van der Waals surface area contributed by atoms with Crippen LogP contribution in [0, 0.1) is 0 Å². The first-order chi connectivity index (χ1) is 19.3. The van der Waals surface area contributed by atoms with Gasteiger partial charge in [0.1, 0.15) is 17.2 Å². The molecule has 0 aliphatic carbocycles. The largest absolute Gasteiger partial charge is 0.461 e. The summed E-state index contributed by atoms with van der Waals surface area (Å²) >= 11 is 0. The molecule has 0 bridgehead atoms. The number of benzene rings is 3. The lowest BCUT2D eigenvalue weighted by atomic mass is 9.98. The molecule has 230 valence electrons. The van der Waals surface area contributed by atoms with Gasteiger partial charge in [0.05, 0.1) is 6.04 Å². The predicted octanol–water partition coefficient (Wildman–Crippen LogP) is 7.97. The molecule has 0 heterocycles. The van der Waals surface area contributed by atoms with Crippen molar-refractivity contribution in [2.24, 2.45) is 0 Å². The number of aliphatic hydroxyl groups excluding tert-OH is 1. The Kier molecular flexibility index (Phi) is 9.61. The zero-order valence-electron chi connectivity index (χ0n) is 20.7. The minimum Gasteiger partial charge on any atom is -0.457 e. The number of ether oxygens (including phenoxy) is 2. The van der Waals surface area contributed by atoms with Crippen molar-refractivity contribution >= 4 is 0 Å². The van der Waals surface area contributed by atoms with Crippen LogP contribution in [0.1, 0.15) is 22.7 Å². The van der Waals surface area contributed by atoms with Gasteiger partial charge in [-0.2, -0.15) is 52.7 Å². The molecule has 3 rings (SSSR count). The summed E-state index contributed by atoms with van der Waals surface area (Å²) in [6.07, 6.45) is -23.0. The first kappa shape index (κ1) is 32.8. The van der Waals surface area contributed by atoms with E-state index in [2.05, 4.69) is 10.1 Å². The Bertz CT molecular complexity index is 1340. The summed E-state index contributed by atoms with van der Waals surface area (Å²) in [4.78, 5) is 0. The zero-order chi connectivity index (χ0) is 31.5. The maximum Gasteiger partial charge on any atom is 0.461 e. The van der Waals surface area contributed by atoms with E-state index in [9.17, 15) is 57.8 Å². The number of aliphatic hydroxyl groups is 1. The van der Waals surface area contributed by atoms with Crippen molar-refractivity contribution in [1.29, 1.82) is 0 Å². The standard InChI is InChI=1S/C26H19F12NO3/c27-22(28)25(34,35)42-19-9-2-5-15(11-19)21(39-13-20(40)24(31,32)33)14-4-1-7-17(10-14)41-18-8-3-6-16(12-18)23(29,30)26(36,37)38/h1-12,20-22,39-40H,13H2/t20-,21?/m1/s1. The van der Waals surface area contributed by atoms with Crippen LogP contribution in [0.4, 0.5) is 52.7 Å². The third-order valence-electron chi connectivity index (χ3n) is 5.57. The van der Waals surface area contributed by atoms with Crippen LogP contribution in [0.2, 0.25) is 0 Å². The first-order valence-electron chi connectivity index (χ1n) is 11.6. The molecule has 16 heteroatoms. The zero-order valence-corrected chi connectivity index (χ0v) is 20.7. The van der Waals surface area contributed by atoms with Gasteiger partial charge in [-0.3, -0.25) is 0 Å². The number of hydrogen-bond donors (Lipinski definition) is 2. The second-order valence-electron chi connectivity index (χ2n) is 8.71. The van der Waals surface area contributed by atoms with Crippen molar-refractivity contribution in [3.8, 4) is 17.2 Å². The van der Waals surface area contributed by atoms with Gasteiger partial charge in [-0.15, -0.1) is 0 Å². The molecule has 3 aromatic rings. The second kappa shape index (κ2) is 12.3. The predicted molar refractivity (Wildman–Crippen MR) is 123 cm³/mol. The summed E-state index contributed by atoms with van der Waals surface area (Å²) in [6.45, 7) is -1.13. The summed E-state index contributed by atoms with van der Waals surface area (Å²) < 4.78 is 166. The van der Waals surface area contributed by atoms with Gasteiger partial charge >= 0.3 is 30.8 Å². The lowest BCUT2D eigenvalue weighted by Crippen LogP contribution is -2.40. The third-order valence-corrected chi connectivity index (χ3v) is 5.57. The quantitative estimate of drug-likeness (QED) is 0.213. The van der Waals surface area contributed by atoms with E-state index in [0.717, 1.165) is 36.4 Å². The van der Waals surface area contributed by atoms with Gasteiger partial charge in [0.2, 0.25) is 0 Å². The monoisotopic (exact) mass is 621 g/mol. The Morgan fingerprint density at radius 3 is 1.71 bits per heavy atom. The molecule has 0 spiro atoms. The van der Waals surface area contributed by atoms with Crippen LogP contribution in [0.25, 0.3) is 0 Å². The van der Waals surface area contributed by atoms with E-state index in [0.29, 0.717) is 12.1 Å². The summed E-state index contributed by atoms with van der Waals surface area (Å²) in [5.74, 6) is -6.65. The van der Waals surface area contributed by atoms with Gasteiger partial charge in [0.25, 0.3) is 0 Å². The average Bonchev–Trinajstić information content (AvgIpc) is 2.88. The van der Waals surface area contributed by atoms with Gasteiger partial charge in [-0.1, -0.05) is 36.4 Å². The number of nitrogens with one attached hydrogen (secondary N) is 1. The Labute approximate surface area is 229 Å². The van der Waals surface area contributed by atoms with E-state index in [4.69, 9.17) is 4.74 Å². The van der Waals surface area contributed by atoms with Gasteiger partial charge < -0.3 is 19.9 Å². The van der Waals surface area contributed by atoms with E-state index in [1.807, 2.05) is 0 Å². The molecule has 42 heavy (non-hydrogen) atoms. The molecule has 0 radical (unpaired) electrons. The van der Waals surface area contributed by atoms with Crippen LogP contribution in [0.15, 0.2) is 72.8 Å². The van der Waals surface area contributed by atoms with Crippen molar-refractivity contribution in [2.75, 3.05) is 6.54 Å². The molecule has 0 saturated carbocycles.